The molecule has 8 nitrogen and oxygen atoms in total. The number of anilines is 1. The van der Waals surface area contributed by atoms with Gasteiger partial charge in [0.25, 0.3) is 0 Å². The van der Waals surface area contributed by atoms with Gasteiger partial charge in [-0.1, -0.05) is 6.07 Å². The zero-order valence-corrected chi connectivity index (χ0v) is 20.0. The van der Waals surface area contributed by atoms with Gasteiger partial charge < -0.3 is 24.2 Å². The number of carboxylic acid groups (broad SMARTS) is 1. The van der Waals surface area contributed by atoms with E-state index in [4.69, 9.17) is 24.3 Å². The molecule has 182 valence electrons. The smallest absolute Gasteiger partial charge is 0.303 e. The third-order valence-electron chi connectivity index (χ3n) is 6.58. The van der Waals surface area contributed by atoms with Crippen molar-refractivity contribution >= 4 is 11.8 Å². The summed E-state index contributed by atoms with van der Waals surface area (Å²) in [5.74, 6) is 3.19. The second kappa shape index (κ2) is 9.82. The highest BCUT2D eigenvalue weighted by Gasteiger charge is 2.25. The summed E-state index contributed by atoms with van der Waals surface area (Å²) in [5, 5.41) is 9.10. The molecule has 2 heterocycles. The van der Waals surface area contributed by atoms with Gasteiger partial charge in [-0.2, -0.15) is 0 Å². The van der Waals surface area contributed by atoms with Gasteiger partial charge in [-0.3, -0.25) is 4.79 Å². The number of aryl methyl sites for hydroxylation is 2. The van der Waals surface area contributed by atoms with E-state index in [2.05, 4.69) is 16.0 Å². The van der Waals surface area contributed by atoms with Crippen molar-refractivity contribution in [2.24, 2.45) is 0 Å². The van der Waals surface area contributed by atoms with Crippen LogP contribution in [0.4, 0.5) is 5.82 Å². The van der Waals surface area contributed by atoms with Gasteiger partial charge in [0.2, 0.25) is 6.79 Å². The Balaban J connectivity index is 1.17. The minimum absolute atomic E-state index is 0.115. The fraction of sp³-hybridized carbons (Fsp3) is 0.370. The van der Waals surface area contributed by atoms with Crippen LogP contribution in [0.25, 0.3) is 11.4 Å². The van der Waals surface area contributed by atoms with E-state index in [0.717, 1.165) is 59.8 Å². The fourth-order valence-corrected chi connectivity index (χ4v) is 4.79. The average molecular weight is 476 g/mol. The lowest BCUT2D eigenvalue weighted by atomic mass is 9.98. The first-order chi connectivity index (χ1) is 17.0. The van der Waals surface area contributed by atoms with Crippen molar-refractivity contribution < 1.29 is 24.1 Å². The summed E-state index contributed by atoms with van der Waals surface area (Å²) in [6.07, 6.45) is 4.67. The maximum Gasteiger partial charge on any atom is 0.303 e. The third kappa shape index (κ3) is 5.01. The molecule has 5 rings (SSSR count). The molecule has 8 heteroatoms. The Bertz CT molecular complexity index is 1250. The zero-order valence-electron chi connectivity index (χ0n) is 20.0. The summed E-state index contributed by atoms with van der Waals surface area (Å²) in [6, 6.07) is 11.8. The van der Waals surface area contributed by atoms with Crippen molar-refractivity contribution in [3.8, 4) is 28.6 Å². The van der Waals surface area contributed by atoms with Crippen LogP contribution in [-0.4, -0.2) is 48.0 Å². The number of carboxylic acids is 1. The summed E-state index contributed by atoms with van der Waals surface area (Å²) < 4.78 is 16.9. The van der Waals surface area contributed by atoms with Gasteiger partial charge in [-0.05, 0) is 73.6 Å². The lowest BCUT2D eigenvalue weighted by Gasteiger charge is -2.21. The summed E-state index contributed by atoms with van der Waals surface area (Å²) in [6.45, 7) is 3.61. The van der Waals surface area contributed by atoms with E-state index in [0.29, 0.717) is 18.2 Å². The van der Waals surface area contributed by atoms with E-state index < -0.39 is 5.97 Å². The summed E-state index contributed by atoms with van der Waals surface area (Å²) in [7, 11) is 2.02. The Hall–Kier alpha value is -3.81. The number of nitrogens with zero attached hydrogens (tertiary/aromatic N) is 3. The van der Waals surface area contributed by atoms with E-state index >= 15 is 0 Å². The average Bonchev–Trinajstić information content (AvgIpc) is 3.48. The lowest BCUT2D eigenvalue weighted by molar-refractivity contribution is -0.137. The molecule has 0 unspecified atom stereocenters. The van der Waals surface area contributed by atoms with Crippen LogP contribution in [0.5, 0.6) is 17.2 Å². The molecule has 1 aliphatic carbocycles. The summed E-state index contributed by atoms with van der Waals surface area (Å²) in [4.78, 5) is 22.5. The standard InChI is InChI=1S/C27H29N3O5/c1-17-15-28-26(20-6-9-23-24(13-20)35-16-34-23)29-27(17)30(2)10-3-11-33-21-7-8-22-18(12-21)4-5-19(22)14-25(31)32/h6-9,12-13,15,19H,3-5,10-11,14,16H2,1-2H3,(H,31,32)/t19-/m0/s1. The highest BCUT2D eigenvalue weighted by Crippen LogP contribution is 2.37. The number of aromatic nitrogens is 2. The first-order valence-electron chi connectivity index (χ1n) is 11.9. The van der Waals surface area contributed by atoms with Gasteiger partial charge in [-0.25, -0.2) is 9.97 Å². The molecule has 0 spiro atoms. The number of aliphatic carboxylic acids is 1. The molecule has 0 bridgehead atoms. The maximum absolute atomic E-state index is 11.1. The molecule has 0 saturated carbocycles. The van der Waals surface area contributed by atoms with Crippen molar-refractivity contribution in [2.75, 3.05) is 31.9 Å². The zero-order chi connectivity index (χ0) is 24.4. The molecule has 0 fully saturated rings. The van der Waals surface area contributed by atoms with E-state index in [1.807, 2.05) is 50.5 Å². The fourth-order valence-electron chi connectivity index (χ4n) is 4.79. The number of fused-ring (bicyclic) bond motifs is 2. The van der Waals surface area contributed by atoms with Gasteiger partial charge >= 0.3 is 5.97 Å². The molecular formula is C27H29N3O5. The van der Waals surface area contributed by atoms with Crippen molar-refractivity contribution in [3.05, 3.63) is 59.3 Å². The highest BCUT2D eigenvalue weighted by atomic mass is 16.7. The van der Waals surface area contributed by atoms with Crippen LogP contribution in [0.15, 0.2) is 42.6 Å². The molecule has 0 saturated heterocycles. The molecule has 0 amide bonds. The van der Waals surface area contributed by atoms with Crippen LogP contribution in [0.3, 0.4) is 0 Å². The molecule has 3 aromatic rings. The van der Waals surface area contributed by atoms with E-state index in [-0.39, 0.29) is 19.1 Å². The first-order valence-corrected chi connectivity index (χ1v) is 11.9. The van der Waals surface area contributed by atoms with Crippen LogP contribution >= 0.6 is 0 Å². The second-order valence-electron chi connectivity index (χ2n) is 9.09. The SMILES string of the molecule is Cc1cnc(-c2ccc3c(c2)OCO3)nc1N(C)CCCOc1ccc2c(c1)CC[C@H]2CC(=O)O. The van der Waals surface area contributed by atoms with Gasteiger partial charge in [0.15, 0.2) is 17.3 Å². The van der Waals surface area contributed by atoms with Crippen molar-refractivity contribution in [1.29, 1.82) is 0 Å². The number of hydrogen-bond acceptors (Lipinski definition) is 7. The summed E-state index contributed by atoms with van der Waals surface area (Å²) in [5.41, 5.74) is 4.25. The van der Waals surface area contributed by atoms with Gasteiger partial charge in [0.05, 0.1) is 13.0 Å². The molecule has 35 heavy (non-hydrogen) atoms. The van der Waals surface area contributed by atoms with Gasteiger partial charge in [0, 0.05) is 30.9 Å². The van der Waals surface area contributed by atoms with E-state index in [1.54, 1.807) is 0 Å². The first kappa shape index (κ1) is 23.0. The molecule has 2 aromatic carbocycles. The van der Waals surface area contributed by atoms with Crippen LogP contribution in [-0.2, 0) is 11.2 Å². The van der Waals surface area contributed by atoms with Crippen molar-refractivity contribution in [3.63, 3.8) is 0 Å². The van der Waals surface area contributed by atoms with Gasteiger partial charge in [0.1, 0.15) is 11.6 Å². The quantitative estimate of drug-likeness (QED) is 0.449. The van der Waals surface area contributed by atoms with Crippen LogP contribution in [0.1, 0.15) is 41.9 Å². The Labute approximate surface area is 204 Å². The van der Waals surface area contributed by atoms with E-state index in [9.17, 15) is 4.79 Å². The molecule has 2 aliphatic rings. The minimum atomic E-state index is -0.741. The predicted molar refractivity (Wildman–Crippen MR) is 131 cm³/mol. The Morgan fingerprint density at radius 3 is 2.91 bits per heavy atom. The molecule has 1 N–H and O–H groups in total. The van der Waals surface area contributed by atoms with Gasteiger partial charge in [-0.15, -0.1) is 0 Å². The molecule has 1 atom stereocenters. The number of carbonyl (C=O) groups is 1. The third-order valence-corrected chi connectivity index (χ3v) is 6.58. The Morgan fingerprint density at radius 1 is 1.20 bits per heavy atom. The highest BCUT2D eigenvalue weighted by molar-refractivity contribution is 5.68. The van der Waals surface area contributed by atoms with Crippen molar-refractivity contribution in [2.45, 2.75) is 38.5 Å². The topological polar surface area (TPSA) is 94.0 Å². The largest absolute Gasteiger partial charge is 0.494 e. The van der Waals surface area contributed by atoms with Crippen LogP contribution in [0, 0.1) is 6.92 Å². The monoisotopic (exact) mass is 475 g/mol. The van der Waals surface area contributed by atoms with Crippen molar-refractivity contribution in [1.82, 2.24) is 9.97 Å². The second-order valence-corrected chi connectivity index (χ2v) is 9.09. The minimum Gasteiger partial charge on any atom is -0.494 e. The Kier molecular flexibility index (Phi) is 6.44. The number of ether oxygens (including phenoxy) is 3. The normalized spacial score (nSPS) is 15.7. The van der Waals surface area contributed by atoms with E-state index in [1.165, 1.54) is 5.56 Å². The molecular weight excluding hydrogens is 446 g/mol. The Morgan fingerprint density at radius 2 is 2.06 bits per heavy atom. The number of hydrogen-bond donors (Lipinski definition) is 1. The predicted octanol–water partition coefficient (Wildman–Crippen LogP) is 4.59. The molecule has 1 aliphatic heterocycles. The number of benzene rings is 2. The summed E-state index contributed by atoms with van der Waals surface area (Å²) >= 11 is 0. The molecule has 1 aromatic heterocycles. The van der Waals surface area contributed by atoms with Crippen LogP contribution in [0.2, 0.25) is 0 Å². The maximum atomic E-state index is 11.1. The molecule has 0 radical (unpaired) electrons. The number of rotatable bonds is 9. The lowest BCUT2D eigenvalue weighted by Crippen LogP contribution is -2.22. The van der Waals surface area contributed by atoms with Crippen LogP contribution < -0.4 is 19.1 Å².